The van der Waals surface area contributed by atoms with E-state index in [4.69, 9.17) is 0 Å². The Morgan fingerprint density at radius 1 is 0.700 bits per heavy atom. The second-order valence-electron chi connectivity index (χ2n) is 7.65. The Balaban J connectivity index is 1.72. The highest BCUT2D eigenvalue weighted by atomic mass is 31.1. The summed E-state index contributed by atoms with van der Waals surface area (Å²) in [6.45, 7) is 0. The van der Waals surface area contributed by atoms with Gasteiger partial charge < -0.3 is 0 Å². The van der Waals surface area contributed by atoms with Crippen molar-refractivity contribution in [2.24, 2.45) is 0 Å². The zero-order valence-corrected chi connectivity index (χ0v) is 17.6. The van der Waals surface area contributed by atoms with Crippen LogP contribution < -0.4 is 15.9 Å². The first-order valence-electron chi connectivity index (χ1n) is 10.4. The molecule has 4 aromatic carbocycles. The average molecular weight is 403 g/mol. The maximum atomic E-state index is 9.72. The predicted octanol–water partition coefficient (Wildman–Crippen LogP) is 5.39. The van der Waals surface area contributed by atoms with E-state index in [1.54, 1.807) is 0 Å². The third-order valence-corrected chi connectivity index (χ3v) is 8.45. The molecule has 0 aromatic heterocycles. The van der Waals surface area contributed by atoms with Crippen molar-refractivity contribution >= 4 is 23.8 Å². The largest absolute Gasteiger partial charge is 0.192 e. The van der Waals surface area contributed by atoms with Crippen molar-refractivity contribution in [3.8, 4) is 6.07 Å². The fourth-order valence-electron chi connectivity index (χ4n) is 4.65. The molecule has 0 saturated heterocycles. The highest BCUT2D eigenvalue weighted by Gasteiger charge is 2.31. The van der Waals surface area contributed by atoms with E-state index in [1.165, 1.54) is 32.6 Å². The van der Waals surface area contributed by atoms with Crippen LogP contribution in [0.1, 0.15) is 34.6 Å². The minimum atomic E-state index is -0.663. The molecule has 1 nitrogen and oxygen atoms in total. The van der Waals surface area contributed by atoms with Crippen LogP contribution >= 0.6 is 7.92 Å². The van der Waals surface area contributed by atoms with Crippen LogP contribution in [0.2, 0.25) is 0 Å². The first kappa shape index (κ1) is 18.8. The van der Waals surface area contributed by atoms with Crippen molar-refractivity contribution in [3.05, 3.63) is 125 Å². The van der Waals surface area contributed by atoms with Crippen molar-refractivity contribution in [2.75, 3.05) is 0 Å². The Bertz CT molecular complexity index is 1170. The Hall–Kier alpha value is -3.20. The fraction of sp³-hybridized carbons (Fsp3) is 0.107. The first-order valence-corrected chi connectivity index (χ1v) is 11.7. The van der Waals surface area contributed by atoms with E-state index in [0.29, 0.717) is 0 Å². The highest BCUT2D eigenvalue weighted by molar-refractivity contribution is 7.79. The number of hydrogen-bond acceptors (Lipinski definition) is 1. The van der Waals surface area contributed by atoms with E-state index in [2.05, 4.69) is 97.1 Å². The summed E-state index contributed by atoms with van der Waals surface area (Å²) >= 11 is 0. The van der Waals surface area contributed by atoms with Gasteiger partial charge in [-0.2, -0.15) is 5.26 Å². The Morgan fingerprint density at radius 2 is 1.33 bits per heavy atom. The summed E-state index contributed by atoms with van der Waals surface area (Å²) in [5.41, 5.74) is 4.85. The van der Waals surface area contributed by atoms with E-state index in [9.17, 15) is 5.26 Å². The normalized spacial score (nSPS) is 15.0. The van der Waals surface area contributed by atoms with E-state index in [1.807, 2.05) is 12.1 Å². The third-order valence-electron chi connectivity index (χ3n) is 5.95. The smallest absolute Gasteiger partial charge is 0.0994 e. The van der Waals surface area contributed by atoms with Crippen molar-refractivity contribution in [1.82, 2.24) is 0 Å². The van der Waals surface area contributed by atoms with Crippen LogP contribution in [0.3, 0.4) is 0 Å². The molecule has 1 atom stereocenters. The molecule has 1 unspecified atom stereocenters. The third kappa shape index (κ3) is 3.35. The quantitative estimate of drug-likeness (QED) is 0.419. The standard InChI is InChI=1S/C28H22NP/c29-20-22-10-7-8-16-25(22)26-19-18-21-11-9-17-27(28(21)26)30(23-12-3-1-4-13-23)24-14-5-2-6-15-24/h1-17,26H,18-19H2. The molecule has 30 heavy (non-hydrogen) atoms. The highest BCUT2D eigenvalue weighted by Crippen LogP contribution is 2.44. The number of fused-ring (bicyclic) bond motifs is 1. The average Bonchev–Trinajstić information content (AvgIpc) is 3.25. The molecule has 0 heterocycles. The van der Waals surface area contributed by atoms with Gasteiger partial charge in [0, 0.05) is 5.92 Å². The van der Waals surface area contributed by atoms with Gasteiger partial charge in [0.1, 0.15) is 0 Å². The van der Waals surface area contributed by atoms with Crippen LogP contribution in [0.4, 0.5) is 0 Å². The molecule has 144 valence electrons. The van der Waals surface area contributed by atoms with Crippen molar-refractivity contribution in [1.29, 1.82) is 5.26 Å². The van der Waals surface area contributed by atoms with Crippen LogP contribution in [0.25, 0.3) is 0 Å². The molecule has 0 saturated carbocycles. The summed E-state index contributed by atoms with van der Waals surface area (Å²) in [4.78, 5) is 0. The van der Waals surface area contributed by atoms with Gasteiger partial charge in [-0.05, 0) is 59.4 Å². The van der Waals surface area contributed by atoms with Crippen molar-refractivity contribution in [3.63, 3.8) is 0 Å². The monoisotopic (exact) mass is 403 g/mol. The molecular formula is C28H22NP. The number of nitriles is 1. The van der Waals surface area contributed by atoms with Crippen LogP contribution in [0, 0.1) is 11.3 Å². The molecule has 0 radical (unpaired) electrons. The molecule has 0 fully saturated rings. The fourth-order valence-corrected chi connectivity index (χ4v) is 7.22. The number of benzene rings is 4. The minimum absolute atomic E-state index is 0.282. The molecule has 1 aliphatic carbocycles. The maximum absolute atomic E-state index is 9.72. The lowest BCUT2D eigenvalue weighted by Gasteiger charge is -2.25. The lowest BCUT2D eigenvalue weighted by Crippen LogP contribution is -2.24. The van der Waals surface area contributed by atoms with E-state index >= 15 is 0 Å². The first-order chi connectivity index (χ1) is 14.9. The second-order valence-corrected chi connectivity index (χ2v) is 9.83. The molecule has 5 rings (SSSR count). The molecule has 4 aromatic rings. The van der Waals surface area contributed by atoms with Crippen LogP contribution in [0.5, 0.6) is 0 Å². The summed E-state index contributed by atoms with van der Waals surface area (Å²) in [5.74, 6) is 0.282. The summed E-state index contributed by atoms with van der Waals surface area (Å²) in [6, 6.07) is 39.1. The van der Waals surface area contributed by atoms with E-state index in [0.717, 1.165) is 18.4 Å². The van der Waals surface area contributed by atoms with Crippen LogP contribution in [-0.4, -0.2) is 0 Å². The summed E-state index contributed by atoms with van der Waals surface area (Å²) in [7, 11) is -0.663. The molecule has 1 aliphatic rings. The lowest BCUT2D eigenvalue weighted by molar-refractivity contribution is 0.788. The molecule has 0 amide bonds. The van der Waals surface area contributed by atoms with Gasteiger partial charge in [-0.15, -0.1) is 0 Å². The van der Waals surface area contributed by atoms with Gasteiger partial charge in [0.15, 0.2) is 0 Å². The Morgan fingerprint density at radius 3 is 2.00 bits per heavy atom. The molecular weight excluding hydrogens is 381 g/mol. The maximum Gasteiger partial charge on any atom is 0.0994 e. The Kier molecular flexibility index (Phi) is 5.18. The molecule has 0 aliphatic heterocycles. The predicted molar refractivity (Wildman–Crippen MR) is 126 cm³/mol. The van der Waals surface area contributed by atoms with Gasteiger partial charge in [-0.3, -0.25) is 0 Å². The van der Waals surface area contributed by atoms with Gasteiger partial charge in [0.05, 0.1) is 11.6 Å². The van der Waals surface area contributed by atoms with Crippen LogP contribution in [-0.2, 0) is 6.42 Å². The summed E-state index contributed by atoms with van der Waals surface area (Å²) < 4.78 is 0. The zero-order valence-electron chi connectivity index (χ0n) is 16.7. The second kappa shape index (κ2) is 8.27. The molecule has 0 N–H and O–H groups in total. The topological polar surface area (TPSA) is 23.8 Å². The van der Waals surface area contributed by atoms with Crippen LogP contribution in [0.15, 0.2) is 103 Å². The summed E-state index contributed by atoms with van der Waals surface area (Å²) in [5, 5.41) is 13.9. The van der Waals surface area contributed by atoms with E-state index in [-0.39, 0.29) is 5.92 Å². The van der Waals surface area contributed by atoms with Gasteiger partial charge in [0.25, 0.3) is 0 Å². The zero-order chi connectivity index (χ0) is 20.3. The van der Waals surface area contributed by atoms with Gasteiger partial charge in [0.2, 0.25) is 0 Å². The minimum Gasteiger partial charge on any atom is -0.192 e. The molecule has 0 bridgehead atoms. The van der Waals surface area contributed by atoms with Gasteiger partial charge in [-0.25, -0.2) is 0 Å². The number of aryl methyl sites for hydroxylation is 1. The number of rotatable bonds is 4. The SMILES string of the molecule is N#Cc1ccccc1C1CCc2cccc(P(c3ccccc3)c3ccccc3)c21. The lowest BCUT2D eigenvalue weighted by atomic mass is 9.90. The number of nitrogens with zero attached hydrogens (tertiary/aromatic N) is 1. The van der Waals surface area contributed by atoms with Gasteiger partial charge in [-0.1, -0.05) is 97.1 Å². The van der Waals surface area contributed by atoms with Crippen molar-refractivity contribution < 1.29 is 0 Å². The number of hydrogen-bond donors (Lipinski definition) is 0. The molecule has 0 spiro atoms. The summed E-state index contributed by atoms with van der Waals surface area (Å²) in [6.07, 6.45) is 2.14. The van der Waals surface area contributed by atoms with Crippen molar-refractivity contribution in [2.45, 2.75) is 18.8 Å². The van der Waals surface area contributed by atoms with Gasteiger partial charge >= 0.3 is 0 Å². The van der Waals surface area contributed by atoms with E-state index < -0.39 is 7.92 Å². The molecule has 2 heteroatoms. The Labute approximate surface area is 179 Å².